The van der Waals surface area contributed by atoms with Crippen LogP contribution in [0.5, 0.6) is 0 Å². The Bertz CT molecular complexity index is 454. The second-order valence-electron chi connectivity index (χ2n) is 4.12. The van der Waals surface area contributed by atoms with Gasteiger partial charge in [-0.25, -0.2) is 0 Å². The summed E-state index contributed by atoms with van der Waals surface area (Å²) in [6, 6.07) is 6.93. The molecule has 102 valence electrons. The van der Waals surface area contributed by atoms with Gasteiger partial charge in [0.25, 0.3) is 0 Å². The number of carbonyl (C=O) groups is 2. The molecule has 0 fully saturated rings. The first kappa shape index (κ1) is 14.9. The molecule has 1 aromatic carbocycles. The Morgan fingerprint density at radius 2 is 2.00 bits per heavy atom. The number of amides is 2. The first-order valence-electron chi connectivity index (χ1n) is 5.94. The fraction of sp³-hybridized carbons (Fsp3) is 0.286. The minimum atomic E-state index is -0.208. The van der Waals surface area contributed by atoms with Gasteiger partial charge in [0.05, 0.1) is 6.61 Å². The molecule has 0 atom stereocenters. The van der Waals surface area contributed by atoms with Gasteiger partial charge in [-0.2, -0.15) is 0 Å². The number of hydrogen-bond donors (Lipinski definition) is 2. The quantitative estimate of drug-likeness (QED) is 0.756. The van der Waals surface area contributed by atoms with Crippen LogP contribution >= 0.6 is 0 Å². The van der Waals surface area contributed by atoms with E-state index in [9.17, 15) is 9.59 Å². The second kappa shape index (κ2) is 7.33. The van der Waals surface area contributed by atoms with Crippen LogP contribution in [0.2, 0.25) is 0 Å². The van der Waals surface area contributed by atoms with Crippen LogP contribution in [0.25, 0.3) is 0 Å². The highest BCUT2D eigenvalue weighted by Crippen LogP contribution is 2.09. The van der Waals surface area contributed by atoms with E-state index < -0.39 is 0 Å². The molecule has 2 amide bonds. The summed E-state index contributed by atoms with van der Waals surface area (Å²) >= 11 is 0. The van der Waals surface area contributed by atoms with Crippen molar-refractivity contribution in [2.75, 3.05) is 18.9 Å². The summed E-state index contributed by atoms with van der Waals surface area (Å²) in [5, 5.41) is 11.6. The van der Waals surface area contributed by atoms with E-state index in [1.165, 1.54) is 11.0 Å². The lowest BCUT2D eigenvalue weighted by molar-refractivity contribution is -0.125. The number of hydrogen-bond acceptors (Lipinski definition) is 3. The Balaban J connectivity index is 2.42. The smallest absolute Gasteiger partial charge is 0.245 e. The third-order valence-corrected chi connectivity index (χ3v) is 2.65. The molecule has 0 bridgehead atoms. The summed E-state index contributed by atoms with van der Waals surface area (Å²) in [5.41, 5.74) is 1.45. The van der Waals surface area contributed by atoms with E-state index in [2.05, 4.69) is 11.9 Å². The summed E-state index contributed by atoms with van der Waals surface area (Å²) in [7, 11) is 1.62. The third kappa shape index (κ3) is 4.93. The van der Waals surface area contributed by atoms with Gasteiger partial charge in [0.2, 0.25) is 11.8 Å². The fourth-order valence-electron chi connectivity index (χ4n) is 1.45. The van der Waals surface area contributed by atoms with E-state index in [0.29, 0.717) is 12.2 Å². The molecule has 0 aliphatic rings. The molecule has 0 unspecified atom stereocenters. The first-order chi connectivity index (χ1) is 9.06. The summed E-state index contributed by atoms with van der Waals surface area (Å²) in [6.07, 6.45) is 1.43. The standard InChI is InChI=1S/C14H18N2O3/c1-3-14(19)16(2)9-8-13(18)15-12-6-4-11(10-17)5-7-12/h3-7,17H,1,8-10H2,2H3,(H,15,18). The second-order valence-corrected chi connectivity index (χ2v) is 4.12. The van der Waals surface area contributed by atoms with Crippen molar-refractivity contribution in [2.45, 2.75) is 13.0 Å². The maximum Gasteiger partial charge on any atom is 0.245 e. The van der Waals surface area contributed by atoms with Crippen molar-refractivity contribution in [1.29, 1.82) is 0 Å². The monoisotopic (exact) mass is 262 g/mol. The summed E-state index contributed by atoms with van der Waals surface area (Å²) in [6.45, 7) is 3.69. The SMILES string of the molecule is C=CC(=O)N(C)CCC(=O)Nc1ccc(CO)cc1. The van der Waals surface area contributed by atoms with Gasteiger partial charge in [-0.3, -0.25) is 9.59 Å². The Hall–Kier alpha value is -2.14. The van der Waals surface area contributed by atoms with Crippen LogP contribution < -0.4 is 5.32 Å². The van der Waals surface area contributed by atoms with Crippen molar-refractivity contribution in [3.63, 3.8) is 0 Å². The number of rotatable bonds is 6. The van der Waals surface area contributed by atoms with Crippen molar-refractivity contribution in [2.24, 2.45) is 0 Å². The largest absolute Gasteiger partial charge is 0.392 e. The summed E-state index contributed by atoms with van der Waals surface area (Å²) < 4.78 is 0. The van der Waals surface area contributed by atoms with Gasteiger partial charge in [0, 0.05) is 25.7 Å². The number of anilines is 1. The number of benzene rings is 1. The fourth-order valence-corrected chi connectivity index (χ4v) is 1.45. The van der Waals surface area contributed by atoms with Gasteiger partial charge in [0.1, 0.15) is 0 Å². The average Bonchev–Trinajstić information content (AvgIpc) is 2.44. The van der Waals surface area contributed by atoms with Gasteiger partial charge in [-0.05, 0) is 23.8 Å². The first-order valence-corrected chi connectivity index (χ1v) is 5.94. The maximum absolute atomic E-state index is 11.7. The van der Waals surface area contributed by atoms with Gasteiger partial charge >= 0.3 is 0 Å². The van der Waals surface area contributed by atoms with Crippen molar-refractivity contribution < 1.29 is 14.7 Å². The molecule has 0 aliphatic heterocycles. The lowest BCUT2D eigenvalue weighted by Gasteiger charge is -2.14. The maximum atomic E-state index is 11.7. The third-order valence-electron chi connectivity index (χ3n) is 2.65. The Labute approximate surface area is 112 Å². The van der Waals surface area contributed by atoms with E-state index in [0.717, 1.165) is 5.56 Å². The zero-order chi connectivity index (χ0) is 14.3. The summed E-state index contributed by atoms with van der Waals surface area (Å²) in [4.78, 5) is 24.3. The molecule has 1 rings (SSSR count). The van der Waals surface area contributed by atoms with E-state index in [4.69, 9.17) is 5.11 Å². The number of nitrogens with one attached hydrogen (secondary N) is 1. The molecular weight excluding hydrogens is 244 g/mol. The molecule has 2 N–H and O–H groups in total. The molecular formula is C14H18N2O3. The summed E-state index contributed by atoms with van der Waals surface area (Å²) in [5.74, 6) is -0.374. The Kier molecular flexibility index (Phi) is 5.75. The molecule has 0 aliphatic carbocycles. The van der Waals surface area contributed by atoms with Gasteiger partial charge in [-0.15, -0.1) is 0 Å². The molecule has 0 heterocycles. The highest BCUT2D eigenvalue weighted by atomic mass is 16.3. The zero-order valence-electron chi connectivity index (χ0n) is 10.9. The predicted molar refractivity (Wildman–Crippen MR) is 73.4 cm³/mol. The topological polar surface area (TPSA) is 69.6 Å². The van der Waals surface area contributed by atoms with Gasteiger partial charge < -0.3 is 15.3 Å². The van der Waals surface area contributed by atoms with Crippen LogP contribution in [-0.4, -0.2) is 35.4 Å². The number of nitrogens with zero attached hydrogens (tertiary/aromatic N) is 1. The molecule has 5 heteroatoms. The molecule has 0 spiro atoms. The molecule has 1 aromatic rings. The van der Waals surface area contributed by atoms with Crippen LogP contribution in [-0.2, 0) is 16.2 Å². The molecule has 19 heavy (non-hydrogen) atoms. The average molecular weight is 262 g/mol. The molecule has 0 radical (unpaired) electrons. The minimum absolute atomic E-state index is 0.0251. The molecule has 5 nitrogen and oxygen atoms in total. The number of likely N-dealkylation sites (N-methyl/N-ethyl adjacent to an activating group) is 1. The lowest BCUT2D eigenvalue weighted by atomic mass is 10.2. The Morgan fingerprint density at radius 3 is 2.53 bits per heavy atom. The van der Waals surface area contributed by atoms with E-state index >= 15 is 0 Å². The van der Waals surface area contributed by atoms with Crippen LogP contribution in [0.15, 0.2) is 36.9 Å². The van der Waals surface area contributed by atoms with Crippen molar-refractivity contribution in [3.8, 4) is 0 Å². The highest BCUT2D eigenvalue weighted by Gasteiger charge is 2.07. The van der Waals surface area contributed by atoms with Crippen molar-refractivity contribution in [1.82, 2.24) is 4.90 Å². The van der Waals surface area contributed by atoms with Crippen LogP contribution in [0, 0.1) is 0 Å². The number of aliphatic hydroxyl groups is 1. The minimum Gasteiger partial charge on any atom is -0.392 e. The highest BCUT2D eigenvalue weighted by molar-refractivity contribution is 5.91. The van der Waals surface area contributed by atoms with Crippen LogP contribution in [0.3, 0.4) is 0 Å². The number of carbonyl (C=O) groups excluding carboxylic acids is 2. The Morgan fingerprint density at radius 1 is 1.37 bits per heavy atom. The molecule has 0 aromatic heterocycles. The normalized spacial score (nSPS) is 9.79. The van der Waals surface area contributed by atoms with Crippen molar-refractivity contribution in [3.05, 3.63) is 42.5 Å². The lowest BCUT2D eigenvalue weighted by Crippen LogP contribution is -2.28. The van der Waals surface area contributed by atoms with E-state index in [1.54, 1.807) is 31.3 Å². The van der Waals surface area contributed by atoms with Crippen LogP contribution in [0.4, 0.5) is 5.69 Å². The molecule has 0 saturated carbocycles. The van der Waals surface area contributed by atoms with Crippen LogP contribution in [0.1, 0.15) is 12.0 Å². The van der Waals surface area contributed by atoms with E-state index in [1.807, 2.05) is 0 Å². The van der Waals surface area contributed by atoms with E-state index in [-0.39, 0.29) is 24.8 Å². The van der Waals surface area contributed by atoms with Crippen molar-refractivity contribution >= 4 is 17.5 Å². The number of aliphatic hydroxyl groups excluding tert-OH is 1. The molecule has 0 saturated heterocycles. The van der Waals surface area contributed by atoms with Gasteiger partial charge in [-0.1, -0.05) is 18.7 Å². The zero-order valence-corrected chi connectivity index (χ0v) is 10.9. The van der Waals surface area contributed by atoms with Gasteiger partial charge in [0.15, 0.2) is 0 Å². The predicted octanol–water partition coefficient (Wildman–Crippen LogP) is 1.15.